The minimum atomic E-state index is -0.154. The van der Waals surface area contributed by atoms with Gasteiger partial charge in [-0.3, -0.25) is 14.3 Å². The third kappa shape index (κ3) is 3.24. The van der Waals surface area contributed by atoms with Crippen LogP contribution in [-0.2, 0) is 10.7 Å². The summed E-state index contributed by atoms with van der Waals surface area (Å²) in [6.45, 7) is 1.86. The van der Waals surface area contributed by atoms with Crippen LogP contribution in [0.4, 0.5) is 0 Å². The van der Waals surface area contributed by atoms with Crippen LogP contribution in [0.3, 0.4) is 0 Å². The number of H-pyrrole nitrogens is 1. The monoisotopic (exact) mass is 377 g/mol. The van der Waals surface area contributed by atoms with Crippen molar-refractivity contribution < 1.29 is 0 Å². The van der Waals surface area contributed by atoms with Crippen molar-refractivity contribution in [2.24, 2.45) is 4.36 Å². The fourth-order valence-electron chi connectivity index (χ4n) is 3.13. The predicted molar refractivity (Wildman–Crippen MR) is 106 cm³/mol. The average Bonchev–Trinajstić information content (AvgIpc) is 3.48. The molecule has 1 N–H and O–H groups in total. The number of pyridine rings is 1. The zero-order valence-electron chi connectivity index (χ0n) is 15.1. The van der Waals surface area contributed by atoms with E-state index in [2.05, 4.69) is 20.5 Å². The van der Waals surface area contributed by atoms with Crippen molar-refractivity contribution in [3.63, 3.8) is 0 Å². The summed E-state index contributed by atoms with van der Waals surface area (Å²) in [5, 5.41) is 12.7. The smallest absolute Gasteiger partial charge is 0.280 e. The van der Waals surface area contributed by atoms with E-state index in [4.69, 9.17) is 5.26 Å². The highest BCUT2D eigenvalue weighted by molar-refractivity contribution is 7.88. The third-order valence-corrected chi connectivity index (χ3v) is 6.82. The van der Waals surface area contributed by atoms with E-state index in [0.29, 0.717) is 22.2 Å². The Morgan fingerprint density at radius 1 is 1.26 bits per heavy atom. The number of aryl methyl sites for hydroxylation is 1. The van der Waals surface area contributed by atoms with Gasteiger partial charge in [-0.05, 0) is 49.6 Å². The number of nitrogens with zero attached hydrogens (tertiary/aromatic N) is 4. The Bertz CT molecular complexity index is 1110. The van der Waals surface area contributed by atoms with E-state index in [0.717, 1.165) is 16.2 Å². The highest BCUT2D eigenvalue weighted by Crippen LogP contribution is 2.31. The molecule has 1 atom stereocenters. The van der Waals surface area contributed by atoms with Crippen LogP contribution in [0.5, 0.6) is 0 Å². The second-order valence-corrected chi connectivity index (χ2v) is 8.62. The van der Waals surface area contributed by atoms with Crippen molar-refractivity contribution in [3.8, 4) is 23.0 Å². The third-order valence-electron chi connectivity index (χ3n) is 4.60. The molecule has 6 nitrogen and oxygen atoms in total. The van der Waals surface area contributed by atoms with Gasteiger partial charge >= 0.3 is 0 Å². The van der Waals surface area contributed by atoms with E-state index in [1.54, 1.807) is 24.3 Å². The van der Waals surface area contributed by atoms with Crippen molar-refractivity contribution >= 4 is 10.7 Å². The molecule has 1 fully saturated rings. The average molecular weight is 377 g/mol. The Hall–Kier alpha value is -2.98. The van der Waals surface area contributed by atoms with E-state index in [9.17, 15) is 4.79 Å². The van der Waals surface area contributed by atoms with Crippen LogP contribution in [0.15, 0.2) is 56.6 Å². The molecular weight excluding hydrogens is 358 g/mol. The Labute approximate surface area is 159 Å². The molecule has 0 spiro atoms. The molecule has 2 heterocycles. The van der Waals surface area contributed by atoms with Crippen molar-refractivity contribution in [3.05, 3.63) is 64.2 Å². The fourth-order valence-corrected chi connectivity index (χ4v) is 4.97. The van der Waals surface area contributed by atoms with Crippen LogP contribution in [0.1, 0.15) is 24.1 Å². The summed E-state index contributed by atoms with van der Waals surface area (Å²) in [5.41, 5.74) is 2.54. The normalized spacial score (nSPS) is 14.9. The summed E-state index contributed by atoms with van der Waals surface area (Å²) in [5.74, 6) is 0.558. The van der Waals surface area contributed by atoms with Crippen molar-refractivity contribution in [1.29, 1.82) is 5.26 Å². The predicted octanol–water partition coefficient (Wildman–Crippen LogP) is 3.36. The molecule has 1 aliphatic rings. The van der Waals surface area contributed by atoms with Crippen LogP contribution in [-0.4, -0.2) is 27.1 Å². The lowest BCUT2D eigenvalue weighted by molar-refractivity contribution is 0.804. The van der Waals surface area contributed by atoms with Crippen molar-refractivity contribution in [1.82, 2.24) is 14.8 Å². The maximum Gasteiger partial charge on any atom is 0.280 e. The number of rotatable bonds is 4. The zero-order chi connectivity index (χ0) is 19.0. The van der Waals surface area contributed by atoms with Crippen LogP contribution in [0, 0.1) is 18.3 Å². The van der Waals surface area contributed by atoms with E-state index in [-0.39, 0.29) is 16.3 Å². The minimum Gasteiger partial charge on any atom is -0.293 e. The van der Waals surface area contributed by atoms with E-state index < -0.39 is 0 Å². The lowest BCUT2D eigenvalue weighted by Gasteiger charge is -2.07. The molecule has 7 heteroatoms. The second kappa shape index (κ2) is 6.97. The summed E-state index contributed by atoms with van der Waals surface area (Å²) in [6, 6.07) is 13.0. The quantitative estimate of drug-likeness (QED) is 0.756. The molecule has 2 aromatic heterocycles. The molecule has 1 unspecified atom stereocenters. The van der Waals surface area contributed by atoms with Crippen LogP contribution in [0.2, 0.25) is 0 Å². The molecule has 3 aromatic rings. The fraction of sp³-hybridized carbons (Fsp3) is 0.250. The Balaban J connectivity index is 1.70. The van der Waals surface area contributed by atoms with Gasteiger partial charge in [0.2, 0.25) is 0 Å². The Kier molecular flexibility index (Phi) is 4.50. The molecule has 4 rings (SSSR count). The first kappa shape index (κ1) is 17.4. The largest absolute Gasteiger partial charge is 0.293 e. The van der Waals surface area contributed by atoms with Crippen LogP contribution < -0.4 is 5.56 Å². The number of hydrogen-bond acceptors (Lipinski definition) is 4. The van der Waals surface area contributed by atoms with Gasteiger partial charge in [-0.15, -0.1) is 0 Å². The van der Waals surface area contributed by atoms with Gasteiger partial charge in [0.25, 0.3) is 5.56 Å². The van der Waals surface area contributed by atoms with Gasteiger partial charge in [-0.2, -0.15) is 5.26 Å². The summed E-state index contributed by atoms with van der Waals surface area (Å²) in [6.07, 6.45) is 4.28. The molecule has 0 saturated heterocycles. The van der Waals surface area contributed by atoms with Gasteiger partial charge in [0.1, 0.15) is 0 Å². The molecule has 0 aliphatic heterocycles. The van der Waals surface area contributed by atoms with Gasteiger partial charge in [0, 0.05) is 29.1 Å². The molecule has 1 saturated carbocycles. The Morgan fingerprint density at radius 3 is 2.56 bits per heavy atom. The van der Waals surface area contributed by atoms with Crippen molar-refractivity contribution in [2.75, 3.05) is 7.05 Å². The van der Waals surface area contributed by atoms with Gasteiger partial charge in [0.15, 0.2) is 5.82 Å². The number of nitriles is 1. The number of aromatic nitrogens is 3. The molecule has 27 heavy (non-hydrogen) atoms. The molecular formula is C20H19N5OS. The lowest BCUT2D eigenvalue weighted by atomic mass is 10.1. The first-order chi connectivity index (χ1) is 13.1. The van der Waals surface area contributed by atoms with Crippen LogP contribution in [0.25, 0.3) is 16.9 Å². The Morgan fingerprint density at radius 2 is 2.00 bits per heavy atom. The van der Waals surface area contributed by atoms with Gasteiger partial charge in [0.05, 0.1) is 17.2 Å². The first-order valence-corrected chi connectivity index (χ1v) is 9.98. The molecule has 0 radical (unpaired) electrons. The SMILES string of the molecule is CN=S(c1ccc(-n2[nH]c(C)c(-c3ccc(C#N)cc3)c2=O)nc1)C1CC1. The maximum atomic E-state index is 12.9. The zero-order valence-corrected chi connectivity index (χ0v) is 16.0. The summed E-state index contributed by atoms with van der Waals surface area (Å²) in [4.78, 5) is 18.6. The van der Waals surface area contributed by atoms with Gasteiger partial charge in [-0.25, -0.2) is 9.67 Å². The first-order valence-electron chi connectivity index (χ1n) is 8.74. The van der Waals surface area contributed by atoms with Gasteiger partial charge in [-0.1, -0.05) is 22.8 Å². The van der Waals surface area contributed by atoms with Gasteiger partial charge < -0.3 is 0 Å². The second-order valence-electron chi connectivity index (χ2n) is 6.49. The molecule has 1 aliphatic carbocycles. The van der Waals surface area contributed by atoms with Crippen molar-refractivity contribution in [2.45, 2.75) is 29.9 Å². The summed E-state index contributed by atoms with van der Waals surface area (Å²) in [7, 11) is 1.76. The number of nitrogens with one attached hydrogen (secondary N) is 1. The maximum absolute atomic E-state index is 12.9. The highest BCUT2D eigenvalue weighted by Gasteiger charge is 2.27. The lowest BCUT2D eigenvalue weighted by Crippen LogP contribution is -2.17. The topological polar surface area (TPSA) is 86.8 Å². The number of hydrogen-bond donors (Lipinski definition) is 1. The van der Waals surface area contributed by atoms with Crippen LogP contribution >= 0.6 is 0 Å². The standard InChI is InChI=1S/C20H19N5OS/c1-13-19(15-5-3-14(11-21)4-6-15)20(26)25(24-13)18-10-9-17(12-23-18)27(22-2)16-7-8-16/h3-6,9-10,12,16,24H,7-8H2,1-2H3. The number of benzene rings is 1. The van der Waals surface area contributed by atoms with E-state index in [1.807, 2.05) is 32.3 Å². The van der Waals surface area contributed by atoms with E-state index >= 15 is 0 Å². The van der Waals surface area contributed by atoms with E-state index in [1.165, 1.54) is 17.5 Å². The molecule has 0 bridgehead atoms. The minimum absolute atomic E-state index is 0.0990. The molecule has 136 valence electrons. The summed E-state index contributed by atoms with van der Waals surface area (Å²) >= 11 is 0. The highest BCUT2D eigenvalue weighted by atomic mass is 32.2. The number of aromatic amines is 1. The molecule has 0 amide bonds. The molecule has 1 aromatic carbocycles. The summed E-state index contributed by atoms with van der Waals surface area (Å²) < 4.78 is 5.96.